The van der Waals surface area contributed by atoms with Crippen LogP contribution in [0.2, 0.25) is 0 Å². The molecule has 0 spiro atoms. The SMILES string of the molecule is COc1ccc(/C=C/C(=O)c2cc(C)sc2C)cc1Cn1cc([N+](=O)[O-])cn1. The number of allylic oxidation sites excluding steroid dienone is 1. The van der Waals surface area contributed by atoms with Crippen molar-refractivity contribution in [3.63, 3.8) is 0 Å². The van der Waals surface area contributed by atoms with Gasteiger partial charge in [-0.25, -0.2) is 0 Å². The molecule has 0 unspecified atom stereocenters. The number of thiophene rings is 1. The first-order chi connectivity index (χ1) is 13.4. The van der Waals surface area contributed by atoms with Crippen LogP contribution in [0.25, 0.3) is 6.08 Å². The van der Waals surface area contributed by atoms with Crippen LogP contribution >= 0.6 is 11.3 Å². The van der Waals surface area contributed by atoms with Crippen LogP contribution < -0.4 is 4.74 Å². The highest BCUT2D eigenvalue weighted by Crippen LogP contribution is 2.24. The monoisotopic (exact) mass is 397 g/mol. The largest absolute Gasteiger partial charge is 0.496 e. The van der Waals surface area contributed by atoms with Crippen LogP contribution in [-0.2, 0) is 6.54 Å². The molecule has 0 atom stereocenters. The summed E-state index contributed by atoms with van der Waals surface area (Å²) in [6, 6.07) is 7.43. The Labute approximate surface area is 166 Å². The molecule has 0 saturated carbocycles. The average Bonchev–Trinajstić information content (AvgIpc) is 3.26. The third-order valence-corrected chi connectivity index (χ3v) is 5.17. The van der Waals surface area contributed by atoms with Crippen LogP contribution in [0.3, 0.4) is 0 Å². The second kappa shape index (κ2) is 8.18. The van der Waals surface area contributed by atoms with Crippen LogP contribution in [0, 0.1) is 24.0 Å². The number of carbonyl (C=O) groups excluding carboxylic acids is 1. The maximum atomic E-state index is 12.4. The molecule has 0 N–H and O–H groups in total. The van der Waals surface area contributed by atoms with Crippen molar-refractivity contribution in [1.29, 1.82) is 0 Å². The molecule has 0 aliphatic carbocycles. The van der Waals surface area contributed by atoms with Crippen LogP contribution in [-0.4, -0.2) is 27.6 Å². The summed E-state index contributed by atoms with van der Waals surface area (Å²) in [5.74, 6) is 0.604. The number of nitrogens with zero attached hydrogens (tertiary/aromatic N) is 3. The summed E-state index contributed by atoms with van der Waals surface area (Å²) in [7, 11) is 1.56. The number of hydrogen-bond acceptors (Lipinski definition) is 6. The van der Waals surface area contributed by atoms with E-state index in [9.17, 15) is 14.9 Å². The molecule has 7 nitrogen and oxygen atoms in total. The second-order valence-electron chi connectivity index (χ2n) is 6.25. The first kappa shape index (κ1) is 19.5. The highest BCUT2D eigenvalue weighted by molar-refractivity contribution is 7.12. The van der Waals surface area contributed by atoms with Crippen molar-refractivity contribution in [3.8, 4) is 5.75 Å². The summed E-state index contributed by atoms with van der Waals surface area (Å²) >= 11 is 1.60. The predicted molar refractivity (Wildman–Crippen MR) is 108 cm³/mol. The number of carbonyl (C=O) groups is 1. The van der Waals surface area contributed by atoms with Crippen molar-refractivity contribution >= 4 is 28.9 Å². The summed E-state index contributed by atoms with van der Waals surface area (Å²) in [5, 5.41) is 14.8. The van der Waals surface area contributed by atoms with Gasteiger partial charge in [0.15, 0.2) is 5.78 Å². The molecular weight excluding hydrogens is 378 g/mol. The predicted octanol–water partition coefficient (Wildman–Crippen LogP) is 4.42. The van der Waals surface area contributed by atoms with Gasteiger partial charge in [-0.15, -0.1) is 11.3 Å². The molecule has 3 rings (SSSR count). The van der Waals surface area contributed by atoms with E-state index in [1.807, 2.05) is 32.0 Å². The minimum atomic E-state index is -0.486. The maximum absolute atomic E-state index is 12.4. The van der Waals surface area contributed by atoms with Crippen molar-refractivity contribution in [2.45, 2.75) is 20.4 Å². The number of methoxy groups -OCH3 is 1. The van der Waals surface area contributed by atoms with Gasteiger partial charge >= 0.3 is 5.69 Å². The first-order valence-electron chi connectivity index (χ1n) is 8.50. The topological polar surface area (TPSA) is 87.3 Å². The van der Waals surface area contributed by atoms with Crippen molar-refractivity contribution in [2.24, 2.45) is 0 Å². The molecule has 2 heterocycles. The number of benzene rings is 1. The van der Waals surface area contributed by atoms with Crippen LogP contribution in [0.5, 0.6) is 5.75 Å². The third kappa shape index (κ3) is 4.34. The van der Waals surface area contributed by atoms with Gasteiger partial charge in [0.2, 0.25) is 0 Å². The Kier molecular flexibility index (Phi) is 5.70. The van der Waals surface area contributed by atoms with Gasteiger partial charge in [-0.2, -0.15) is 5.10 Å². The minimum Gasteiger partial charge on any atom is -0.496 e. The number of nitro groups is 1. The van der Waals surface area contributed by atoms with Gasteiger partial charge < -0.3 is 4.74 Å². The maximum Gasteiger partial charge on any atom is 0.307 e. The summed E-state index contributed by atoms with van der Waals surface area (Å²) in [4.78, 5) is 24.9. The average molecular weight is 397 g/mol. The standard InChI is InChI=1S/C20H19N3O4S/c1-13-8-18(14(2)28-13)19(24)6-4-15-5-7-20(27-3)16(9-15)11-22-12-17(10-21-22)23(25)26/h4-10,12H,11H2,1-3H3/b6-4+. The fourth-order valence-corrected chi connectivity index (χ4v) is 3.80. The zero-order valence-electron chi connectivity index (χ0n) is 15.7. The zero-order chi connectivity index (χ0) is 20.3. The zero-order valence-corrected chi connectivity index (χ0v) is 16.5. The summed E-state index contributed by atoms with van der Waals surface area (Å²) in [6.07, 6.45) is 5.88. The lowest BCUT2D eigenvalue weighted by Gasteiger charge is -2.09. The lowest BCUT2D eigenvalue weighted by molar-refractivity contribution is -0.385. The fourth-order valence-electron chi connectivity index (χ4n) is 2.87. The van der Waals surface area contributed by atoms with E-state index in [1.54, 1.807) is 36.7 Å². The normalized spacial score (nSPS) is 11.1. The summed E-state index contributed by atoms with van der Waals surface area (Å²) in [6.45, 7) is 4.23. The molecule has 8 heteroatoms. The second-order valence-corrected chi connectivity index (χ2v) is 7.71. The molecule has 1 aromatic carbocycles. The van der Waals surface area contributed by atoms with Crippen molar-refractivity contribution in [1.82, 2.24) is 9.78 Å². The first-order valence-corrected chi connectivity index (χ1v) is 9.32. The molecule has 3 aromatic rings. The Morgan fingerprint density at radius 2 is 2.14 bits per heavy atom. The smallest absolute Gasteiger partial charge is 0.307 e. The van der Waals surface area contributed by atoms with E-state index in [4.69, 9.17) is 4.74 Å². The van der Waals surface area contributed by atoms with Gasteiger partial charge in [0.25, 0.3) is 0 Å². The molecule has 0 aliphatic rings. The van der Waals surface area contributed by atoms with Crippen molar-refractivity contribution < 1.29 is 14.5 Å². The molecule has 0 aliphatic heterocycles. The molecule has 144 valence electrons. The van der Waals surface area contributed by atoms with Gasteiger partial charge in [0.05, 0.1) is 18.6 Å². The molecule has 2 aromatic heterocycles. The van der Waals surface area contributed by atoms with Gasteiger partial charge in [-0.1, -0.05) is 12.1 Å². The van der Waals surface area contributed by atoms with E-state index in [2.05, 4.69) is 5.10 Å². The Morgan fingerprint density at radius 3 is 2.75 bits per heavy atom. The molecule has 0 saturated heterocycles. The lowest BCUT2D eigenvalue weighted by Crippen LogP contribution is -2.02. The van der Waals surface area contributed by atoms with Gasteiger partial charge in [-0.05, 0) is 43.7 Å². The third-order valence-electron chi connectivity index (χ3n) is 4.20. The minimum absolute atomic E-state index is 0.0399. The quantitative estimate of drug-likeness (QED) is 0.255. The molecular formula is C20H19N3O4S. The Morgan fingerprint density at radius 1 is 1.36 bits per heavy atom. The van der Waals surface area contributed by atoms with E-state index in [0.717, 1.165) is 26.4 Å². The van der Waals surface area contributed by atoms with E-state index in [-0.39, 0.29) is 11.5 Å². The fraction of sp³-hybridized carbons (Fsp3) is 0.200. The van der Waals surface area contributed by atoms with Gasteiger partial charge in [-0.3, -0.25) is 19.6 Å². The number of aryl methyl sites for hydroxylation is 2. The van der Waals surface area contributed by atoms with E-state index in [0.29, 0.717) is 12.3 Å². The molecule has 0 fully saturated rings. The number of ketones is 1. The highest BCUT2D eigenvalue weighted by Gasteiger charge is 2.12. The van der Waals surface area contributed by atoms with Crippen molar-refractivity contribution in [3.05, 3.63) is 79.3 Å². The summed E-state index contributed by atoms with van der Waals surface area (Å²) < 4.78 is 6.85. The van der Waals surface area contributed by atoms with E-state index < -0.39 is 4.92 Å². The number of aromatic nitrogens is 2. The van der Waals surface area contributed by atoms with E-state index >= 15 is 0 Å². The Bertz CT molecular complexity index is 1070. The van der Waals surface area contributed by atoms with Gasteiger partial charge in [0.1, 0.15) is 18.1 Å². The summed E-state index contributed by atoms with van der Waals surface area (Å²) in [5.41, 5.74) is 2.28. The number of ether oxygens (including phenoxy) is 1. The molecule has 28 heavy (non-hydrogen) atoms. The van der Waals surface area contributed by atoms with Gasteiger partial charge in [0, 0.05) is 20.9 Å². The highest BCUT2D eigenvalue weighted by atomic mass is 32.1. The van der Waals surface area contributed by atoms with Crippen LogP contribution in [0.4, 0.5) is 5.69 Å². The number of rotatable bonds is 7. The Balaban J connectivity index is 1.82. The Hall–Kier alpha value is -3.26. The molecule has 0 amide bonds. The molecule has 0 radical (unpaired) electrons. The van der Waals surface area contributed by atoms with E-state index in [1.165, 1.54) is 17.1 Å². The van der Waals surface area contributed by atoms with Crippen molar-refractivity contribution in [2.75, 3.05) is 7.11 Å². The van der Waals surface area contributed by atoms with Crippen LogP contribution in [0.15, 0.2) is 42.7 Å². The lowest BCUT2D eigenvalue weighted by atomic mass is 10.1. The van der Waals surface area contributed by atoms with Crippen LogP contribution in [0.1, 0.15) is 31.2 Å². The number of hydrogen-bond donors (Lipinski definition) is 0. The molecule has 0 bridgehead atoms.